The highest BCUT2D eigenvalue weighted by molar-refractivity contribution is 7.98. The molecule has 0 amide bonds. The molecule has 0 saturated heterocycles. The van der Waals surface area contributed by atoms with Crippen LogP contribution in [0.25, 0.3) is 0 Å². The Bertz CT molecular complexity index is 338. The third-order valence-electron chi connectivity index (χ3n) is 2.05. The molecule has 1 atom stereocenters. The first kappa shape index (κ1) is 13.2. The van der Waals surface area contributed by atoms with Crippen molar-refractivity contribution in [1.29, 1.82) is 0 Å². The fourth-order valence-corrected chi connectivity index (χ4v) is 2.00. The number of para-hydroxylation sites is 1. The molecule has 0 bridgehead atoms. The van der Waals surface area contributed by atoms with E-state index in [4.69, 9.17) is 0 Å². The number of hydrogen-bond acceptors (Lipinski definition) is 2. The Morgan fingerprint density at radius 1 is 1.31 bits per heavy atom. The lowest BCUT2D eigenvalue weighted by Gasteiger charge is -2.18. The van der Waals surface area contributed by atoms with Gasteiger partial charge in [-0.1, -0.05) is 12.1 Å². The number of halogens is 3. The number of rotatable bonds is 4. The van der Waals surface area contributed by atoms with Gasteiger partial charge >= 0.3 is 6.18 Å². The van der Waals surface area contributed by atoms with Crippen LogP contribution in [0.2, 0.25) is 0 Å². The van der Waals surface area contributed by atoms with Gasteiger partial charge in [0.1, 0.15) is 0 Å². The Kier molecular flexibility index (Phi) is 4.53. The van der Waals surface area contributed by atoms with Crippen molar-refractivity contribution in [2.45, 2.75) is 19.1 Å². The minimum absolute atomic E-state index is 0.0125. The van der Waals surface area contributed by atoms with Crippen LogP contribution >= 0.6 is 11.8 Å². The van der Waals surface area contributed by atoms with Gasteiger partial charge in [0.15, 0.2) is 0 Å². The first-order chi connectivity index (χ1) is 7.45. The van der Waals surface area contributed by atoms with Gasteiger partial charge in [-0.2, -0.15) is 24.9 Å². The molecule has 0 spiro atoms. The summed E-state index contributed by atoms with van der Waals surface area (Å²) in [6.07, 6.45) is -2.38. The fraction of sp³-hybridized carbons (Fsp3) is 0.455. The van der Waals surface area contributed by atoms with Gasteiger partial charge in [0.2, 0.25) is 0 Å². The molecule has 0 aliphatic rings. The first-order valence-electron chi connectivity index (χ1n) is 4.87. The highest BCUT2D eigenvalue weighted by atomic mass is 32.2. The molecule has 1 rings (SSSR count). The van der Waals surface area contributed by atoms with Crippen LogP contribution in [-0.4, -0.2) is 18.1 Å². The van der Waals surface area contributed by atoms with Gasteiger partial charge in [-0.25, -0.2) is 0 Å². The second-order valence-corrected chi connectivity index (χ2v) is 4.45. The summed E-state index contributed by atoms with van der Waals surface area (Å²) in [6.45, 7) is 1.86. The first-order valence-corrected chi connectivity index (χ1v) is 6.26. The standard InChI is InChI=1S/C11H14F3NS/c1-8(7-16-2)15-10-6-4-3-5-9(10)11(12,13)14/h3-6,8,15H,7H2,1-2H3. The summed E-state index contributed by atoms with van der Waals surface area (Å²) in [5.74, 6) is 0.770. The molecular weight excluding hydrogens is 235 g/mol. The maximum atomic E-state index is 12.6. The Morgan fingerprint density at radius 3 is 2.50 bits per heavy atom. The smallest absolute Gasteiger partial charge is 0.381 e. The molecule has 1 unspecified atom stereocenters. The van der Waals surface area contributed by atoms with E-state index in [1.165, 1.54) is 12.1 Å². The van der Waals surface area contributed by atoms with Crippen LogP contribution in [0.15, 0.2) is 24.3 Å². The molecule has 1 aromatic rings. The Balaban J connectivity index is 2.87. The quantitative estimate of drug-likeness (QED) is 0.869. The molecule has 1 N–H and O–H groups in total. The highest BCUT2D eigenvalue weighted by Crippen LogP contribution is 2.34. The van der Waals surface area contributed by atoms with Gasteiger partial charge in [-0.05, 0) is 25.3 Å². The summed E-state index contributed by atoms with van der Waals surface area (Å²) in [7, 11) is 0. The molecule has 90 valence electrons. The second kappa shape index (κ2) is 5.48. The maximum absolute atomic E-state index is 12.6. The highest BCUT2D eigenvalue weighted by Gasteiger charge is 2.33. The van der Waals surface area contributed by atoms with Crippen molar-refractivity contribution < 1.29 is 13.2 Å². The maximum Gasteiger partial charge on any atom is 0.418 e. The van der Waals surface area contributed by atoms with Crippen molar-refractivity contribution >= 4 is 17.4 Å². The van der Waals surface area contributed by atoms with Crippen LogP contribution < -0.4 is 5.32 Å². The molecule has 5 heteroatoms. The summed E-state index contributed by atoms with van der Waals surface area (Å²) < 4.78 is 37.9. The Labute approximate surface area is 97.4 Å². The fourth-order valence-electron chi connectivity index (χ4n) is 1.41. The van der Waals surface area contributed by atoms with Gasteiger partial charge in [0.05, 0.1) is 5.56 Å². The molecule has 0 aromatic heterocycles. The van der Waals surface area contributed by atoms with Crippen molar-refractivity contribution in [3.8, 4) is 0 Å². The van der Waals surface area contributed by atoms with E-state index < -0.39 is 11.7 Å². The number of thioether (sulfide) groups is 1. The van der Waals surface area contributed by atoms with Crippen molar-refractivity contribution in [2.24, 2.45) is 0 Å². The van der Waals surface area contributed by atoms with Crippen LogP contribution in [0.1, 0.15) is 12.5 Å². The Hall–Kier alpha value is -0.840. The largest absolute Gasteiger partial charge is 0.418 e. The third kappa shape index (κ3) is 3.63. The lowest BCUT2D eigenvalue weighted by Crippen LogP contribution is -2.20. The molecular formula is C11H14F3NS. The van der Waals surface area contributed by atoms with Crippen molar-refractivity contribution in [2.75, 3.05) is 17.3 Å². The minimum atomic E-state index is -4.30. The lowest BCUT2D eigenvalue weighted by atomic mass is 10.1. The van der Waals surface area contributed by atoms with E-state index in [2.05, 4.69) is 5.32 Å². The number of nitrogens with one attached hydrogen (secondary N) is 1. The number of benzene rings is 1. The summed E-state index contributed by atoms with van der Waals surface area (Å²) >= 11 is 1.60. The van der Waals surface area contributed by atoms with Crippen LogP contribution in [0.5, 0.6) is 0 Å². The van der Waals surface area contributed by atoms with Gasteiger partial charge < -0.3 is 5.32 Å². The Morgan fingerprint density at radius 2 is 1.94 bits per heavy atom. The normalized spacial score (nSPS) is 13.6. The topological polar surface area (TPSA) is 12.0 Å². The zero-order valence-corrected chi connectivity index (χ0v) is 9.95. The predicted molar refractivity (Wildman–Crippen MR) is 62.9 cm³/mol. The second-order valence-electron chi connectivity index (χ2n) is 3.54. The monoisotopic (exact) mass is 249 g/mol. The van der Waals surface area contributed by atoms with Crippen LogP contribution in [-0.2, 0) is 6.18 Å². The summed E-state index contributed by atoms with van der Waals surface area (Å²) in [6, 6.07) is 5.56. The molecule has 16 heavy (non-hydrogen) atoms. The van der Waals surface area contributed by atoms with Crippen LogP contribution in [0.3, 0.4) is 0 Å². The summed E-state index contributed by atoms with van der Waals surface area (Å²) in [5, 5.41) is 2.88. The van der Waals surface area contributed by atoms with Crippen molar-refractivity contribution in [1.82, 2.24) is 0 Å². The lowest BCUT2D eigenvalue weighted by molar-refractivity contribution is -0.137. The summed E-state index contributed by atoms with van der Waals surface area (Å²) in [5.41, 5.74) is -0.459. The van der Waals surface area contributed by atoms with Gasteiger partial charge in [-0.15, -0.1) is 0 Å². The summed E-state index contributed by atoms with van der Waals surface area (Å²) in [4.78, 5) is 0. The number of anilines is 1. The SMILES string of the molecule is CSCC(C)Nc1ccccc1C(F)(F)F. The number of hydrogen-bond donors (Lipinski definition) is 1. The molecule has 0 aliphatic carbocycles. The molecule has 0 aliphatic heterocycles. The van der Waals surface area contributed by atoms with Gasteiger partial charge in [-0.3, -0.25) is 0 Å². The van der Waals surface area contributed by atoms with E-state index in [0.717, 1.165) is 11.8 Å². The molecule has 1 aromatic carbocycles. The van der Waals surface area contributed by atoms with Crippen LogP contribution in [0, 0.1) is 0 Å². The predicted octanol–water partition coefficient (Wildman–Crippen LogP) is 3.87. The van der Waals surface area contributed by atoms with E-state index >= 15 is 0 Å². The molecule has 0 heterocycles. The van der Waals surface area contributed by atoms with Gasteiger partial charge in [0, 0.05) is 17.5 Å². The molecule has 1 nitrogen and oxygen atoms in total. The zero-order chi connectivity index (χ0) is 12.2. The van der Waals surface area contributed by atoms with Crippen molar-refractivity contribution in [3.05, 3.63) is 29.8 Å². The van der Waals surface area contributed by atoms with E-state index in [1.54, 1.807) is 17.8 Å². The third-order valence-corrected chi connectivity index (χ3v) is 2.88. The number of alkyl halides is 3. The van der Waals surface area contributed by atoms with Crippen molar-refractivity contribution in [3.63, 3.8) is 0 Å². The van der Waals surface area contributed by atoms with E-state index in [1.807, 2.05) is 13.2 Å². The average Bonchev–Trinajstić information content (AvgIpc) is 2.17. The van der Waals surface area contributed by atoms with Crippen LogP contribution in [0.4, 0.5) is 18.9 Å². The zero-order valence-electron chi connectivity index (χ0n) is 9.14. The molecule has 0 saturated carbocycles. The average molecular weight is 249 g/mol. The van der Waals surface area contributed by atoms with E-state index in [9.17, 15) is 13.2 Å². The van der Waals surface area contributed by atoms with E-state index in [0.29, 0.717) is 0 Å². The van der Waals surface area contributed by atoms with E-state index in [-0.39, 0.29) is 11.7 Å². The van der Waals surface area contributed by atoms with Gasteiger partial charge in [0.25, 0.3) is 0 Å². The minimum Gasteiger partial charge on any atom is -0.381 e. The molecule has 0 radical (unpaired) electrons. The molecule has 0 fully saturated rings.